The van der Waals surface area contributed by atoms with E-state index in [4.69, 9.17) is 10.5 Å². The number of nitrogens with two attached hydrogens (primary N) is 1. The maximum absolute atomic E-state index is 11.8. The zero-order valence-corrected chi connectivity index (χ0v) is 14.3. The van der Waals surface area contributed by atoms with E-state index in [1.807, 2.05) is 18.2 Å². The van der Waals surface area contributed by atoms with Gasteiger partial charge in [0, 0.05) is 38.6 Å². The van der Waals surface area contributed by atoms with Crippen LogP contribution in [0.25, 0.3) is 0 Å². The van der Waals surface area contributed by atoms with Gasteiger partial charge in [0.25, 0.3) is 0 Å². The number of hydrogen-bond donors (Lipinski definition) is 1. The van der Waals surface area contributed by atoms with Gasteiger partial charge in [-0.15, -0.1) is 0 Å². The molecule has 0 bridgehead atoms. The lowest BCUT2D eigenvalue weighted by atomic mass is 10.3. The van der Waals surface area contributed by atoms with Crippen LogP contribution in [0.15, 0.2) is 30.6 Å². The monoisotopic (exact) mass is 342 g/mol. The molecule has 0 saturated carbocycles. The second kappa shape index (κ2) is 7.78. The van der Waals surface area contributed by atoms with Gasteiger partial charge in [-0.1, -0.05) is 6.07 Å². The molecule has 8 heteroatoms. The minimum Gasteiger partial charge on any atom is -0.462 e. The van der Waals surface area contributed by atoms with Crippen molar-refractivity contribution in [1.29, 1.82) is 0 Å². The van der Waals surface area contributed by atoms with Crippen LogP contribution in [-0.2, 0) is 4.74 Å². The van der Waals surface area contributed by atoms with Gasteiger partial charge in [0.15, 0.2) is 0 Å². The summed E-state index contributed by atoms with van der Waals surface area (Å²) in [6, 6.07) is 5.91. The average Bonchev–Trinajstić information content (AvgIpc) is 2.89. The molecule has 0 aromatic carbocycles. The molecule has 2 aromatic heterocycles. The fraction of sp³-hybridized carbons (Fsp3) is 0.412. The zero-order chi connectivity index (χ0) is 17.6. The first kappa shape index (κ1) is 16.9. The number of rotatable bonds is 4. The number of nitrogens with zero attached hydrogens (tertiary/aromatic N) is 5. The molecule has 25 heavy (non-hydrogen) atoms. The molecule has 0 spiro atoms. The topological polar surface area (TPSA) is 97.5 Å². The maximum Gasteiger partial charge on any atom is 0.343 e. The van der Waals surface area contributed by atoms with Crippen molar-refractivity contribution < 1.29 is 9.53 Å². The normalized spacial score (nSPS) is 14.9. The number of esters is 1. The van der Waals surface area contributed by atoms with Gasteiger partial charge in [-0.3, -0.25) is 0 Å². The van der Waals surface area contributed by atoms with Crippen LogP contribution in [0.5, 0.6) is 0 Å². The summed E-state index contributed by atoms with van der Waals surface area (Å²) in [5.74, 6) is 1.16. The minimum atomic E-state index is -0.497. The third-order valence-electron chi connectivity index (χ3n) is 4.05. The molecule has 132 valence electrons. The Hall–Kier alpha value is -2.90. The molecule has 3 rings (SSSR count). The van der Waals surface area contributed by atoms with Crippen LogP contribution in [-0.4, -0.2) is 53.7 Å². The van der Waals surface area contributed by atoms with E-state index < -0.39 is 5.97 Å². The number of aromatic nitrogens is 3. The quantitative estimate of drug-likeness (QED) is 0.832. The molecule has 0 amide bonds. The Morgan fingerprint density at radius 3 is 2.72 bits per heavy atom. The van der Waals surface area contributed by atoms with Crippen LogP contribution in [0.2, 0.25) is 0 Å². The molecular formula is C17H22N6O2. The Morgan fingerprint density at radius 1 is 1.20 bits per heavy atom. The summed E-state index contributed by atoms with van der Waals surface area (Å²) >= 11 is 0. The van der Waals surface area contributed by atoms with Crippen molar-refractivity contribution in [1.82, 2.24) is 15.0 Å². The molecule has 3 heterocycles. The molecule has 0 radical (unpaired) electrons. The summed E-state index contributed by atoms with van der Waals surface area (Å²) in [6.07, 6.45) is 4.20. The van der Waals surface area contributed by atoms with Crippen molar-refractivity contribution in [3.8, 4) is 0 Å². The Balaban J connectivity index is 1.70. The van der Waals surface area contributed by atoms with Gasteiger partial charge < -0.3 is 20.3 Å². The summed E-state index contributed by atoms with van der Waals surface area (Å²) in [5.41, 5.74) is 6.12. The summed E-state index contributed by atoms with van der Waals surface area (Å²) in [4.78, 5) is 29.1. The zero-order valence-electron chi connectivity index (χ0n) is 14.3. The van der Waals surface area contributed by atoms with Crippen molar-refractivity contribution in [2.45, 2.75) is 13.3 Å². The lowest BCUT2D eigenvalue weighted by Gasteiger charge is -2.23. The Bertz CT molecular complexity index is 724. The fourth-order valence-electron chi connectivity index (χ4n) is 2.79. The molecular weight excluding hydrogens is 320 g/mol. The second-order valence-corrected chi connectivity index (χ2v) is 5.70. The van der Waals surface area contributed by atoms with Crippen LogP contribution in [0.3, 0.4) is 0 Å². The first-order valence-corrected chi connectivity index (χ1v) is 8.39. The predicted octanol–water partition coefficient (Wildman–Crippen LogP) is 1.35. The molecule has 0 aliphatic carbocycles. The van der Waals surface area contributed by atoms with Crippen molar-refractivity contribution >= 4 is 23.6 Å². The number of nitrogen functional groups attached to an aromatic ring is 1. The van der Waals surface area contributed by atoms with Gasteiger partial charge in [-0.2, -0.15) is 4.98 Å². The van der Waals surface area contributed by atoms with Gasteiger partial charge >= 0.3 is 5.97 Å². The summed E-state index contributed by atoms with van der Waals surface area (Å²) in [5, 5.41) is 0. The molecule has 0 atom stereocenters. The van der Waals surface area contributed by atoms with Gasteiger partial charge in [-0.25, -0.2) is 14.8 Å². The molecule has 2 aromatic rings. The average molecular weight is 342 g/mol. The molecule has 0 unspecified atom stereocenters. The number of carbonyl (C=O) groups is 1. The van der Waals surface area contributed by atoms with Crippen LogP contribution >= 0.6 is 0 Å². The third-order valence-corrected chi connectivity index (χ3v) is 4.05. The second-order valence-electron chi connectivity index (χ2n) is 5.70. The highest BCUT2D eigenvalue weighted by Gasteiger charge is 2.20. The van der Waals surface area contributed by atoms with E-state index >= 15 is 0 Å². The maximum atomic E-state index is 11.8. The van der Waals surface area contributed by atoms with Crippen molar-refractivity contribution in [3.05, 3.63) is 36.2 Å². The minimum absolute atomic E-state index is 0.147. The highest BCUT2D eigenvalue weighted by Crippen LogP contribution is 2.18. The number of anilines is 3. The highest BCUT2D eigenvalue weighted by molar-refractivity contribution is 5.93. The van der Waals surface area contributed by atoms with E-state index in [9.17, 15) is 4.79 Å². The Kier molecular flexibility index (Phi) is 5.27. The van der Waals surface area contributed by atoms with Gasteiger partial charge in [-0.05, 0) is 25.5 Å². The lowest BCUT2D eigenvalue weighted by Crippen LogP contribution is -2.32. The largest absolute Gasteiger partial charge is 0.462 e. The van der Waals surface area contributed by atoms with E-state index in [-0.39, 0.29) is 18.0 Å². The summed E-state index contributed by atoms with van der Waals surface area (Å²) in [7, 11) is 0. The highest BCUT2D eigenvalue weighted by atomic mass is 16.5. The van der Waals surface area contributed by atoms with E-state index in [1.54, 1.807) is 13.1 Å². The first-order valence-electron chi connectivity index (χ1n) is 8.39. The van der Waals surface area contributed by atoms with E-state index in [1.165, 1.54) is 6.20 Å². The van der Waals surface area contributed by atoms with Crippen LogP contribution in [0.4, 0.5) is 17.6 Å². The van der Waals surface area contributed by atoms with Gasteiger partial charge in [0.2, 0.25) is 5.95 Å². The van der Waals surface area contributed by atoms with Crippen LogP contribution in [0.1, 0.15) is 23.7 Å². The van der Waals surface area contributed by atoms with E-state index in [2.05, 4.69) is 24.8 Å². The molecule has 2 N–H and O–H groups in total. The number of carbonyl (C=O) groups excluding carboxylic acids is 1. The SMILES string of the molecule is CCOC(=O)c1cnc(N2CCCN(c3ccccn3)CC2)nc1N. The smallest absolute Gasteiger partial charge is 0.343 e. The van der Waals surface area contributed by atoms with E-state index in [0.717, 1.165) is 38.4 Å². The standard InChI is InChI=1S/C17H22N6O2/c1-2-25-16(24)13-12-20-17(21-15(13)18)23-9-5-8-22(10-11-23)14-6-3-4-7-19-14/h3-4,6-7,12H,2,5,8-11H2,1H3,(H2,18,20,21). The van der Waals surface area contributed by atoms with Crippen molar-refractivity contribution in [3.63, 3.8) is 0 Å². The molecule has 1 aliphatic heterocycles. The number of ether oxygens (including phenoxy) is 1. The predicted molar refractivity (Wildman–Crippen MR) is 95.7 cm³/mol. The fourth-order valence-corrected chi connectivity index (χ4v) is 2.79. The Labute approximate surface area is 146 Å². The van der Waals surface area contributed by atoms with Gasteiger partial charge in [0.1, 0.15) is 17.2 Å². The number of pyridine rings is 1. The third kappa shape index (κ3) is 3.96. The Morgan fingerprint density at radius 2 is 2.00 bits per heavy atom. The molecule has 1 saturated heterocycles. The lowest BCUT2D eigenvalue weighted by molar-refractivity contribution is 0.0527. The van der Waals surface area contributed by atoms with Crippen molar-refractivity contribution in [2.75, 3.05) is 48.3 Å². The first-order chi connectivity index (χ1) is 12.2. The van der Waals surface area contributed by atoms with Crippen LogP contribution < -0.4 is 15.5 Å². The van der Waals surface area contributed by atoms with E-state index in [0.29, 0.717) is 5.95 Å². The molecule has 1 fully saturated rings. The molecule has 1 aliphatic rings. The molecule has 8 nitrogen and oxygen atoms in total. The van der Waals surface area contributed by atoms with Gasteiger partial charge in [0.05, 0.1) is 6.61 Å². The van der Waals surface area contributed by atoms with Crippen molar-refractivity contribution in [2.24, 2.45) is 0 Å². The number of hydrogen-bond acceptors (Lipinski definition) is 8. The summed E-state index contributed by atoms with van der Waals surface area (Å²) < 4.78 is 4.95. The summed E-state index contributed by atoms with van der Waals surface area (Å²) in [6.45, 7) is 5.35. The van der Waals surface area contributed by atoms with Crippen LogP contribution in [0, 0.1) is 0 Å².